The van der Waals surface area contributed by atoms with Crippen molar-refractivity contribution in [2.24, 2.45) is 0 Å². The lowest BCUT2D eigenvalue weighted by molar-refractivity contribution is 0.0975. The normalized spacial score (nSPS) is 16.4. The van der Waals surface area contributed by atoms with E-state index in [1.807, 2.05) is 42.5 Å². The van der Waals surface area contributed by atoms with Gasteiger partial charge in [-0.05, 0) is 47.4 Å². The molecule has 1 amide bonds. The van der Waals surface area contributed by atoms with Crippen LogP contribution in [0, 0.1) is 0 Å². The van der Waals surface area contributed by atoms with Gasteiger partial charge in [-0.15, -0.1) is 0 Å². The van der Waals surface area contributed by atoms with E-state index in [2.05, 4.69) is 38.2 Å². The summed E-state index contributed by atoms with van der Waals surface area (Å²) in [7, 11) is 0. The molecule has 1 unspecified atom stereocenters. The highest BCUT2D eigenvalue weighted by Crippen LogP contribution is 2.39. The van der Waals surface area contributed by atoms with Crippen molar-refractivity contribution < 1.29 is 4.79 Å². The van der Waals surface area contributed by atoms with Gasteiger partial charge in [0, 0.05) is 27.0 Å². The molecule has 1 aliphatic rings. The summed E-state index contributed by atoms with van der Waals surface area (Å²) in [5.74, 6) is -0.0705. The fourth-order valence-electron chi connectivity index (χ4n) is 3.58. The van der Waals surface area contributed by atoms with Gasteiger partial charge in [0.1, 0.15) is 6.17 Å². The van der Waals surface area contributed by atoms with Crippen LogP contribution in [0.25, 0.3) is 0 Å². The quantitative estimate of drug-likeness (QED) is 0.477. The van der Waals surface area contributed by atoms with Crippen LogP contribution in [0.2, 0.25) is 10.0 Å². The number of carbonyl (C=O) groups excluding carboxylic acids is 1. The number of anilines is 2. The molecule has 0 radical (unpaired) electrons. The van der Waals surface area contributed by atoms with Crippen molar-refractivity contribution in [3.63, 3.8) is 0 Å². The Balaban J connectivity index is 1.84. The molecule has 29 heavy (non-hydrogen) atoms. The van der Waals surface area contributed by atoms with Gasteiger partial charge < -0.3 is 5.32 Å². The summed E-state index contributed by atoms with van der Waals surface area (Å²) < 4.78 is 0. The summed E-state index contributed by atoms with van der Waals surface area (Å²) in [6.45, 7) is 6.51. The van der Waals surface area contributed by atoms with Crippen LogP contribution in [0.4, 0.5) is 11.4 Å². The summed E-state index contributed by atoms with van der Waals surface area (Å²) in [4.78, 5) is 15.2. The van der Waals surface area contributed by atoms with Crippen LogP contribution < -0.4 is 10.2 Å². The number of halogens is 2. The fourth-order valence-corrected chi connectivity index (χ4v) is 4.09. The molecule has 0 bridgehead atoms. The van der Waals surface area contributed by atoms with Gasteiger partial charge in [-0.1, -0.05) is 74.3 Å². The number of nitrogens with one attached hydrogen (secondary N) is 1. The van der Waals surface area contributed by atoms with E-state index in [1.165, 1.54) is 5.56 Å². The maximum Gasteiger partial charge on any atom is 0.262 e. The molecule has 1 N–H and O–H groups in total. The summed E-state index contributed by atoms with van der Waals surface area (Å²) in [5.41, 5.74) is 4.26. The smallest absolute Gasteiger partial charge is 0.262 e. The van der Waals surface area contributed by atoms with Gasteiger partial charge in [0.15, 0.2) is 0 Å². The number of rotatable bonds is 2. The summed E-state index contributed by atoms with van der Waals surface area (Å²) in [6.07, 6.45) is -0.442. The first kappa shape index (κ1) is 19.8. The number of hydrogen-bond acceptors (Lipinski definition) is 2. The summed E-state index contributed by atoms with van der Waals surface area (Å²) in [6, 6.07) is 21.0. The molecule has 0 fully saturated rings. The zero-order valence-corrected chi connectivity index (χ0v) is 18.1. The van der Waals surface area contributed by atoms with Crippen molar-refractivity contribution in [2.45, 2.75) is 32.4 Å². The number of benzene rings is 3. The SMILES string of the molecule is CC(C)(C)c1ccc(N2C(=O)c3ccccc3NC2c2ccc(Cl)cc2Cl)cc1. The van der Waals surface area contributed by atoms with E-state index in [-0.39, 0.29) is 11.3 Å². The Labute approximate surface area is 181 Å². The van der Waals surface area contributed by atoms with Crippen LogP contribution in [0.1, 0.15) is 48.4 Å². The molecule has 0 spiro atoms. The molecule has 4 rings (SSSR count). The van der Waals surface area contributed by atoms with Gasteiger partial charge in [0.2, 0.25) is 0 Å². The molecule has 3 aromatic carbocycles. The minimum Gasteiger partial charge on any atom is -0.360 e. The average molecular weight is 425 g/mol. The Hall–Kier alpha value is -2.49. The number of para-hydroxylation sites is 1. The van der Waals surface area contributed by atoms with Gasteiger partial charge in [-0.25, -0.2) is 0 Å². The highest BCUT2D eigenvalue weighted by Gasteiger charge is 2.35. The summed E-state index contributed by atoms with van der Waals surface area (Å²) in [5, 5.41) is 4.55. The first-order valence-electron chi connectivity index (χ1n) is 9.50. The number of fused-ring (bicyclic) bond motifs is 1. The minimum absolute atomic E-state index is 0.0359. The number of carbonyl (C=O) groups is 1. The first-order chi connectivity index (χ1) is 13.8. The highest BCUT2D eigenvalue weighted by molar-refractivity contribution is 6.35. The Kier molecular flexibility index (Phi) is 5.05. The van der Waals surface area contributed by atoms with Gasteiger partial charge in [0.25, 0.3) is 5.91 Å². The van der Waals surface area contributed by atoms with Crippen molar-refractivity contribution in [3.8, 4) is 0 Å². The molecule has 3 aromatic rings. The van der Waals surface area contributed by atoms with Crippen molar-refractivity contribution in [2.75, 3.05) is 10.2 Å². The van der Waals surface area contributed by atoms with E-state index < -0.39 is 6.17 Å². The van der Waals surface area contributed by atoms with E-state index in [9.17, 15) is 4.79 Å². The molecule has 1 aliphatic heterocycles. The molecule has 1 heterocycles. The number of nitrogens with zero attached hydrogens (tertiary/aromatic N) is 1. The topological polar surface area (TPSA) is 32.3 Å². The van der Waals surface area contributed by atoms with Crippen molar-refractivity contribution in [1.29, 1.82) is 0 Å². The second-order valence-corrected chi connectivity index (χ2v) is 9.07. The van der Waals surface area contributed by atoms with Gasteiger partial charge in [0.05, 0.1) is 5.56 Å². The van der Waals surface area contributed by atoms with E-state index in [0.29, 0.717) is 15.6 Å². The minimum atomic E-state index is -0.442. The maximum atomic E-state index is 13.5. The van der Waals surface area contributed by atoms with E-state index in [1.54, 1.807) is 17.0 Å². The fraction of sp³-hybridized carbons (Fsp3) is 0.208. The molecular formula is C24H22Cl2N2O. The molecular weight excluding hydrogens is 403 g/mol. The highest BCUT2D eigenvalue weighted by atomic mass is 35.5. The predicted octanol–water partition coefficient (Wildman–Crippen LogP) is 7.06. The third kappa shape index (κ3) is 3.73. The molecule has 0 aromatic heterocycles. The Morgan fingerprint density at radius 3 is 2.28 bits per heavy atom. The summed E-state index contributed by atoms with van der Waals surface area (Å²) >= 11 is 12.6. The van der Waals surface area contributed by atoms with Crippen LogP contribution in [0.5, 0.6) is 0 Å². The Bertz CT molecular complexity index is 1070. The third-order valence-electron chi connectivity index (χ3n) is 5.20. The van der Waals surface area contributed by atoms with Crippen LogP contribution in [-0.4, -0.2) is 5.91 Å². The van der Waals surface area contributed by atoms with Crippen LogP contribution >= 0.6 is 23.2 Å². The first-order valence-corrected chi connectivity index (χ1v) is 10.3. The van der Waals surface area contributed by atoms with E-state index in [0.717, 1.165) is 16.9 Å². The largest absolute Gasteiger partial charge is 0.360 e. The maximum absolute atomic E-state index is 13.5. The zero-order valence-electron chi connectivity index (χ0n) is 16.5. The standard InChI is InChI=1S/C24H22Cl2N2O/c1-24(2,3)15-8-11-17(12-9-15)28-22(18-13-10-16(25)14-20(18)26)27-21-7-5-4-6-19(21)23(28)29/h4-14,22,27H,1-3H3. The van der Waals surface area contributed by atoms with Gasteiger partial charge in [-0.3, -0.25) is 9.69 Å². The van der Waals surface area contributed by atoms with Crippen LogP contribution in [0.15, 0.2) is 66.7 Å². The molecule has 0 aliphatic carbocycles. The van der Waals surface area contributed by atoms with Crippen LogP contribution in [0.3, 0.4) is 0 Å². The Morgan fingerprint density at radius 2 is 1.62 bits per heavy atom. The van der Waals surface area contributed by atoms with E-state index in [4.69, 9.17) is 23.2 Å². The van der Waals surface area contributed by atoms with Gasteiger partial charge in [-0.2, -0.15) is 0 Å². The monoisotopic (exact) mass is 424 g/mol. The number of hydrogen-bond donors (Lipinski definition) is 1. The zero-order chi connectivity index (χ0) is 20.8. The lowest BCUT2D eigenvalue weighted by atomic mass is 9.87. The third-order valence-corrected chi connectivity index (χ3v) is 5.76. The molecule has 148 valence electrons. The number of amides is 1. The van der Waals surface area contributed by atoms with Crippen LogP contribution in [-0.2, 0) is 5.41 Å². The Morgan fingerprint density at radius 1 is 0.931 bits per heavy atom. The molecule has 0 saturated heterocycles. The lowest BCUT2D eigenvalue weighted by Crippen LogP contribution is -2.43. The lowest BCUT2D eigenvalue weighted by Gasteiger charge is -2.38. The average Bonchev–Trinajstić information content (AvgIpc) is 2.67. The second kappa shape index (κ2) is 7.40. The van der Waals surface area contributed by atoms with Crippen molar-refractivity contribution in [1.82, 2.24) is 0 Å². The van der Waals surface area contributed by atoms with Crippen molar-refractivity contribution in [3.05, 3.63) is 93.5 Å². The molecule has 3 nitrogen and oxygen atoms in total. The molecule has 0 saturated carbocycles. The molecule has 1 atom stereocenters. The van der Waals surface area contributed by atoms with E-state index >= 15 is 0 Å². The molecule has 5 heteroatoms. The van der Waals surface area contributed by atoms with Crippen molar-refractivity contribution >= 4 is 40.5 Å². The van der Waals surface area contributed by atoms with Gasteiger partial charge >= 0.3 is 0 Å². The predicted molar refractivity (Wildman–Crippen MR) is 121 cm³/mol. The second-order valence-electron chi connectivity index (χ2n) is 8.23.